The minimum atomic E-state index is -1.57. The van der Waals surface area contributed by atoms with Crippen LogP contribution >= 0.6 is 0 Å². The summed E-state index contributed by atoms with van der Waals surface area (Å²) in [5, 5.41) is 18.1. The van der Waals surface area contributed by atoms with Crippen LogP contribution in [0.15, 0.2) is 61.2 Å². The molecule has 0 aromatic heterocycles. The molecule has 0 saturated heterocycles. The third kappa shape index (κ3) is 6.90. The van der Waals surface area contributed by atoms with Gasteiger partial charge in [0.05, 0.1) is 18.8 Å². The molecule has 0 fully saturated rings. The number of unbranched alkanes of at least 4 members (excludes halogenated alkanes) is 1. The minimum absolute atomic E-state index is 0.298. The van der Waals surface area contributed by atoms with E-state index in [1.807, 2.05) is 0 Å². The molecule has 0 bridgehead atoms. The SMILES string of the molecule is C=CC(=O)OCCCCOc1ccc(C(=O)Oc2ccc(B(O)O)cc2)cc1. The van der Waals surface area contributed by atoms with E-state index in [-0.39, 0.29) is 0 Å². The van der Waals surface area contributed by atoms with Crippen LogP contribution in [0.1, 0.15) is 23.2 Å². The fourth-order valence-electron chi connectivity index (χ4n) is 2.19. The zero-order valence-corrected chi connectivity index (χ0v) is 15.2. The van der Waals surface area contributed by atoms with Crippen LogP contribution in [-0.4, -0.2) is 42.3 Å². The Labute approximate surface area is 163 Å². The van der Waals surface area contributed by atoms with E-state index < -0.39 is 19.1 Å². The van der Waals surface area contributed by atoms with Crippen LogP contribution in [0.5, 0.6) is 11.5 Å². The van der Waals surface area contributed by atoms with Crippen molar-refractivity contribution in [2.24, 2.45) is 0 Å². The molecule has 0 aliphatic carbocycles. The average molecular weight is 384 g/mol. The van der Waals surface area contributed by atoms with Crippen LogP contribution in [-0.2, 0) is 9.53 Å². The summed E-state index contributed by atoms with van der Waals surface area (Å²) in [5.41, 5.74) is 0.662. The van der Waals surface area contributed by atoms with Crippen molar-refractivity contribution in [3.05, 3.63) is 66.7 Å². The summed E-state index contributed by atoms with van der Waals surface area (Å²) in [7, 11) is -1.57. The Morgan fingerprint density at radius 2 is 1.54 bits per heavy atom. The fraction of sp³-hybridized carbons (Fsp3) is 0.200. The second kappa shape index (κ2) is 10.9. The summed E-state index contributed by atoms with van der Waals surface area (Å²) in [6.45, 7) is 4.09. The average Bonchev–Trinajstić information content (AvgIpc) is 2.71. The fourth-order valence-corrected chi connectivity index (χ4v) is 2.19. The van der Waals surface area contributed by atoms with Crippen molar-refractivity contribution in [2.45, 2.75) is 12.8 Å². The first-order valence-corrected chi connectivity index (χ1v) is 8.70. The van der Waals surface area contributed by atoms with Crippen molar-refractivity contribution in [1.29, 1.82) is 0 Å². The van der Waals surface area contributed by atoms with Crippen molar-refractivity contribution in [3.63, 3.8) is 0 Å². The van der Waals surface area contributed by atoms with Crippen LogP contribution in [0.25, 0.3) is 0 Å². The highest BCUT2D eigenvalue weighted by molar-refractivity contribution is 6.58. The third-order valence-corrected chi connectivity index (χ3v) is 3.70. The molecular formula is C20H21BO7. The van der Waals surface area contributed by atoms with Gasteiger partial charge in [0, 0.05) is 6.08 Å². The maximum Gasteiger partial charge on any atom is 0.488 e. The van der Waals surface area contributed by atoms with Crippen LogP contribution in [0, 0.1) is 0 Å². The molecule has 2 aromatic carbocycles. The second-order valence-electron chi connectivity index (χ2n) is 5.78. The molecule has 28 heavy (non-hydrogen) atoms. The maximum atomic E-state index is 12.1. The lowest BCUT2D eigenvalue weighted by molar-refractivity contribution is -0.137. The molecule has 0 spiro atoms. The molecule has 0 aliphatic rings. The van der Waals surface area contributed by atoms with Crippen molar-refractivity contribution in [3.8, 4) is 11.5 Å². The molecule has 2 aromatic rings. The first-order valence-electron chi connectivity index (χ1n) is 8.70. The molecule has 0 heterocycles. The maximum absolute atomic E-state index is 12.1. The molecule has 2 N–H and O–H groups in total. The van der Waals surface area contributed by atoms with E-state index in [1.54, 1.807) is 24.3 Å². The molecular weight excluding hydrogens is 363 g/mol. The van der Waals surface area contributed by atoms with Gasteiger partial charge in [0.15, 0.2) is 0 Å². The monoisotopic (exact) mass is 384 g/mol. The zero-order valence-electron chi connectivity index (χ0n) is 15.2. The van der Waals surface area contributed by atoms with E-state index >= 15 is 0 Å². The molecule has 0 saturated carbocycles. The minimum Gasteiger partial charge on any atom is -0.494 e. The number of hydrogen-bond donors (Lipinski definition) is 2. The van der Waals surface area contributed by atoms with Gasteiger partial charge in [0.2, 0.25) is 0 Å². The lowest BCUT2D eigenvalue weighted by Crippen LogP contribution is -2.29. The molecule has 0 unspecified atom stereocenters. The van der Waals surface area contributed by atoms with Crippen LogP contribution in [0.3, 0.4) is 0 Å². The van der Waals surface area contributed by atoms with E-state index in [0.717, 1.165) is 6.08 Å². The molecule has 8 heteroatoms. The summed E-state index contributed by atoms with van der Waals surface area (Å²) in [5.74, 6) is -0.0639. The predicted molar refractivity (Wildman–Crippen MR) is 104 cm³/mol. The highest BCUT2D eigenvalue weighted by Crippen LogP contribution is 2.15. The van der Waals surface area contributed by atoms with Gasteiger partial charge in [-0.15, -0.1) is 0 Å². The van der Waals surface area contributed by atoms with Crippen LogP contribution in [0.2, 0.25) is 0 Å². The molecule has 146 valence electrons. The van der Waals surface area contributed by atoms with Gasteiger partial charge in [-0.2, -0.15) is 0 Å². The molecule has 0 amide bonds. The number of carbonyl (C=O) groups excluding carboxylic acids is 2. The van der Waals surface area contributed by atoms with E-state index in [4.69, 9.17) is 24.3 Å². The second-order valence-corrected chi connectivity index (χ2v) is 5.78. The Morgan fingerprint density at radius 1 is 0.929 bits per heavy atom. The van der Waals surface area contributed by atoms with Gasteiger partial charge in [0.25, 0.3) is 0 Å². The molecule has 0 radical (unpaired) electrons. The zero-order chi connectivity index (χ0) is 20.4. The first kappa shape index (κ1) is 21.2. The largest absolute Gasteiger partial charge is 0.494 e. The van der Waals surface area contributed by atoms with Crippen molar-refractivity contribution >= 4 is 24.5 Å². The summed E-state index contributed by atoms with van der Waals surface area (Å²) in [4.78, 5) is 23.0. The Morgan fingerprint density at radius 3 is 2.14 bits per heavy atom. The van der Waals surface area contributed by atoms with E-state index in [0.29, 0.717) is 48.6 Å². The number of esters is 2. The van der Waals surface area contributed by atoms with E-state index in [1.165, 1.54) is 24.3 Å². The third-order valence-electron chi connectivity index (χ3n) is 3.70. The number of hydrogen-bond acceptors (Lipinski definition) is 7. The predicted octanol–water partition coefficient (Wildman–Crippen LogP) is 1.47. The topological polar surface area (TPSA) is 102 Å². The molecule has 2 rings (SSSR count). The standard InChI is InChI=1S/C20H21BO7/c1-2-19(22)27-14-4-3-13-26-17-9-5-15(6-10-17)20(23)28-18-11-7-16(8-12-18)21(24)25/h2,5-12,24-25H,1,3-4,13-14H2. The molecule has 0 atom stereocenters. The normalized spacial score (nSPS) is 10.1. The molecule has 0 aliphatic heterocycles. The van der Waals surface area contributed by atoms with E-state index in [2.05, 4.69) is 6.58 Å². The lowest BCUT2D eigenvalue weighted by Gasteiger charge is -2.08. The van der Waals surface area contributed by atoms with Gasteiger partial charge in [-0.3, -0.25) is 0 Å². The van der Waals surface area contributed by atoms with Gasteiger partial charge in [-0.05, 0) is 54.7 Å². The van der Waals surface area contributed by atoms with Crippen molar-refractivity contribution in [1.82, 2.24) is 0 Å². The Hall–Kier alpha value is -3.10. The Kier molecular flexibility index (Phi) is 8.26. The van der Waals surface area contributed by atoms with Crippen LogP contribution in [0.4, 0.5) is 0 Å². The lowest BCUT2D eigenvalue weighted by atomic mass is 9.80. The van der Waals surface area contributed by atoms with E-state index in [9.17, 15) is 9.59 Å². The number of ether oxygens (including phenoxy) is 3. The smallest absolute Gasteiger partial charge is 0.488 e. The van der Waals surface area contributed by atoms with Gasteiger partial charge < -0.3 is 24.3 Å². The first-order chi connectivity index (χ1) is 13.5. The van der Waals surface area contributed by atoms with Gasteiger partial charge >= 0.3 is 19.1 Å². The number of rotatable bonds is 10. The highest BCUT2D eigenvalue weighted by Gasteiger charge is 2.12. The van der Waals surface area contributed by atoms with Crippen LogP contribution < -0.4 is 14.9 Å². The highest BCUT2D eigenvalue weighted by atomic mass is 16.5. The Balaban J connectivity index is 1.76. The summed E-state index contributed by atoms with van der Waals surface area (Å²) >= 11 is 0. The number of carbonyl (C=O) groups is 2. The molecule has 7 nitrogen and oxygen atoms in total. The van der Waals surface area contributed by atoms with Crippen molar-refractivity contribution in [2.75, 3.05) is 13.2 Å². The number of benzene rings is 2. The van der Waals surface area contributed by atoms with Gasteiger partial charge in [-0.25, -0.2) is 9.59 Å². The quantitative estimate of drug-likeness (QED) is 0.210. The van der Waals surface area contributed by atoms with Gasteiger partial charge in [0.1, 0.15) is 11.5 Å². The Bertz CT molecular complexity index is 785. The van der Waals surface area contributed by atoms with Gasteiger partial charge in [-0.1, -0.05) is 18.7 Å². The summed E-state index contributed by atoms with van der Waals surface area (Å²) < 4.78 is 15.7. The summed E-state index contributed by atoms with van der Waals surface area (Å²) in [6, 6.07) is 12.4. The summed E-state index contributed by atoms with van der Waals surface area (Å²) in [6.07, 6.45) is 2.51. The van der Waals surface area contributed by atoms with Crippen molar-refractivity contribution < 1.29 is 33.8 Å².